The Balaban J connectivity index is 1.90. The van der Waals surface area contributed by atoms with Crippen molar-refractivity contribution in [2.75, 3.05) is 30.5 Å². The van der Waals surface area contributed by atoms with Crippen LogP contribution in [0.4, 0.5) is 11.4 Å². The molecule has 0 aliphatic carbocycles. The second-order valence-electron chi connectivity index (χ2n) is 6.98. The van der Waals surface area contributed by atoms with E-state index in [9.17, 15) is 9.59 Å². The smallest absolute Gasteiger partial charge is 0.259 e. The first kappa shape index (κ1) is 20.0. The number of hydrogen-bond donors (Lipinski definition) is 1. The van der Waals surface area contributed by atoms with E-state index in [-0.39, 0.29) is 18.4 Å². The van der Waals surface area contributed by atoms with Gasteiger partial charge in [-0.25, -0.2) is 0 Å². The summed E-state index contributed by atoms with van der Waals surface area (Å²) in [5.41, 5.74) is 1.56. The zero-order valence-corrected chi connectivity index (χ0v) is 16.9. The van der Waals surface area contributed by atoms with Gasteiger partial charge in [0.1, 0.15) is 6.54 Å². The molecule has 1 aliphatic rings. The summed E-state index contributed by atoms with van der Waals surface area (Å²) in [6.07, 6.45) is 0.875. The van der Waals surface area contributed by atoms with Gasteiger partial charge in [0.2, 0.25) is 5.91 Å². The summed E-state index contributed by atoms with van der Waals surface area (Å²) in [4.78, 5) is 26.6. The van der Waals surface area contributed by atoms with Crippen LogP contribution in [0.5, 0.6) is 11.5 Å². The summed E-state index contributed by atoms with van der Waals surface area (Å²) in [7, 11) is 1.50. The van der Waals surface area contributed by atoms with Gasteiger partial charge in [-0.05, 0) is 36.6 Å². The Morgan fingerprint density at radius 2 is 2.04 bits per heavy atom. The average Bonchev–Trinajstić information content (AvgIpc) is 2.67. The van der Waals surface area contributed by atoms with Gasteiger partial charge in [-0.15, -0.1) is 0 Å². The summed E-state index contributed by atoms with van der Waals surface area (Å²) in [6.45, 7) is 4.65. The maximum Gasteiger partial charge on any atom is 0.259 e. The van der Waals surface area contributed by atoms with Crippen LogP contribution in [-0.2, 0) is 4.79 Å². The Labute approximate surface area is 169 Å². The molecular weight excluding hydrogens is 380 g/mol. The lowest BCUT2D eigenvalue weighted by Crippen LogP contribution is -2.42. The molecule has 0 radical (unpaired) electrons. The highest BCUT2D eigenvalue weighted by Gasteiger charge is 2.28. The number of ether oxygens (including phenoxy) is 2. The van der Waals surface area contributed by atoms with Crippen LogP contribution < -0.4 is 19.7 Å². The number of para-hydroxylation sites is 2. The van der Waals surface area contributed by atoms with Crippen molar-refractivity contribution >= 4 is 34.8 Å². The first-order valence-corrected chi connectivity index (χ1v) is 9.49. The Bertz CT molecular complexity index is 898. The molecule has 1 aliphatic heterocycles. The highest BCUT2D eigenvalue weighted by molar-refractivity contribution is 6.33. The quantitative estimate of drug-likeness (QED) is 0.778. The SMILES string of the molecule is COc1cc(C(=O)N2CC(=O)Nc3ccccc32)cc(Cl)c1OCCC(C)C. The molecule has 148 valence electrons. The van der Waals surface area contributed by atoms with Gasteiger partial charge in [0, 0.05) is 5.56 Å². The summed E-state index contributed by atoms with van der Waals surface area (Å²) in [6, 6.07) is 10.3. The van der Waals surface area contributed by atoms with Gasteiger partial charge < -0.3 is 14.8 Å². The third kappa shape index (κ3) is 4.22. The second kappa shape index (κ2) is 8.52. The Hall–Kier alpha value is -2.73. The monoisotopic (exact) mass is 402 g/mol. The minimum Gasteiger partial charge on any atom is -0.493 e. The Morgan fingerprint density at radius 3 is 2.75 bits per heavy atom. The van der Waals surface area contributed by atoms with Crippen LogP contribution in [0.2, 0.25) is 5.02 Å². The maximum atomic E-state index is 13.1. The molecule has 0 bridgehead atoms. The molecule has 1 heterocycles. The molecule has 28 heavy (non-hydrogen) atoms. The fourth-order valence-electron chi connectivity index (χ4n) is 2.95. The van der Waals surface area contributed by atoms with Crippen molar-refractivity contribution in [2.24, 2.45) is 5.92 Å². The van der Waals surface area contributed by atoms with Crippen LogP contribution in [0, 0.1) is 5.92 Å². The van der Waals surface area contributed by atoms with Crippen molar-refractivity contribution in [1.29, 1.82) is 0 Å². The zero-order valence-electron chi connectivity index (χ0n) is 16.1. The Kier molecular flexibility index (Phi) is 6.09. The number of benzene rings is 2. The zero-order chi connectivity index (χ0) is 20.3. The highest BCUT2D eigenvalue weighted by atomic mass is 35.5. The van der Waals surface area contributed by atoms with Crippen molar-refractivity contribution in [2.45, 2.75) is 20.3 Å². The standard InChI is InChI=1S/C21H23ClN2O4/c1-13(2)8-9-28-20-15(22)10-14(11-18(20)27-3)21(26)24-12-19(25)23-16-6-4-5-7-17(16)24/h4-7,10-11,13H,8-9,12H2,1-3H3,(H,23,25). The second-order valence-corrected chi connectivity index (χ2v) is 7.38. The summed E-state index contributed by atoms with van der Waals surface area (Å²) in [5, 5.41) is 3.06. The van der Waals surface area contributed by atoms with Crippen molar-refractivity contribution in [1.82, 2.24) is 0 Å². The Morgan fingerprint density at radius 1 is 1.29 bits per heavy atom. The molecule has 0 saturated carbocycles. The van der Waals surface area contributed by atoms with Gasteiger partial charge in [-0.3, -0.25) is 14.5 Å². The van der Waals surface area contributed by atoms with Crippen molar-refractivity contribution < 1.29 is 19.1 Å². The number of hydrogen-bond acceptors (Lipinski definition) is 4. The van der Waals surface area contributed by atoms with E-state index in [0.29, 0.717) is 46.0 Å². The van der Waals surface area contributed by atoms with Gasteiger partial charge in [0.15, 0.2) is 11.5 Å². The number of amides is 2. The van der Waals surface area contributed by atoms with E-state index in [1.54, 1.807) is 30.3 Å². The molecule has 0 spiro atoms. The van der Waals surface area contributed by atoms with Gasteiger partial charge in [0.25, 0.3) is 5.91 Å². The first-order valence-electron chi connectivity index (χ1n) is 9.11. The molecule has 0 fully saturated rings. The van der Waals surface area contributed by atoms with Crippen LogP contribution in [0.15, 0.2) is 36.4 Å². The van der Waals surface area contributed by atoms with Gasteiger partial charge >= 0.3 is 0 Å². The van der Waals surface area contributed by atoms with E-state index in [4.69, 9.17) is 21.1 Å². The van der Waals surface area contributed by atoms with Crippen LogP contribution in [0.3, 0.4) is 0 Å². The third-order valence-corrected chi connectivity index (χ3v) is 4.71. The number of rotatable bonds is 6. The van der Waals surface area contributed by atoms with Crippen LogP contribution in [-0.4, -0.2) is 32.1 Å². The number of carbonyl (C=O) groups is 2. The predicted molar refractivity (Wildman–Crippen MR) is 110 cm³/mol. The molecule has 0 saturated heterocycles. The molecule has 2 aromatic carbocycles. The number of halogens is 1. The van der Waals surface area contributed by atoms with E-state index < -0.39 is 0 Å². The lowest BCUT2D eigenvalue weighted by molar-refractivity contribution is -0.115. The average molecular weight is 403 g/mol. The number of nitrogens with zero attached hydrogens (tertiary/aromatic N) is 1. The molecule has 0 atom stereocenters. The third-order valence-electron chi connectivity index (χ3n) is 4.43. The molecule has 1 N–H and O–H groups in total. The molecule has 0 aromatic heterocycles. The molecule has 2 aromatic rings. The van der Waals surface area contributed by atoms with Gasteiger partial charge in [-0.1, -0.05) is 37.6 Å². The lowest BCUT2D eigenvalue weighted by Gasteiger charge is -2.29. The summed E-state index contributed by atoms with van der Waals surface area (Å²) >= 11 is 6.39. The lowest BCUT2D eigenvalue weighted by atomic mass is 10.1. The molecule has 7 heteroatoms. The van der Waals surface area contributed by atoms with Crippen LogP contribution in [0.25, 0.3) is 0 Å². The molecular formula is C21H23ClN2O4. The van der Waals surface area contributed by atoms with Gasteiger partial charge in [0.05, 0.1) is 30.1 Å². The van der Waals surface area contributed by atoms with Crippen LogP contribution in [0.1, 0.15) is 30.6 Å². The molecule has 0 unspecified atom stereocenters. The maximum absolute atomic E-state index is 13.1. The van der Waals surface area contributed by atoms with Crippen molar-refractivity contribution in [3.05, 3.63) is 47.0 Å². The van der Waals surface area contributed by atoms with E-state index in [1.807, 2.05) is 6.07 Å². The minimum absolute atomic E-state index is 0.0670. The molecule has 3 rings (SSSR count). The number of methoxy groups -OCH3 is 1. The summed E-state index contributed by atoms with van der Waals surface area (Å²) in [5.74, 6) is 0.707. The van der Waals surface area contributed by atoms with Gasteiger partial charge in [-0.2, -0.15) is 0 Å². The largest absolute Gasteiger partial charge is 0.493 e. The molecule has 2 amide bonds. The van der Waals surface area contributed by atoms with E-state index >= 15 is 0 Å². The normalized spacial score (nSPS) is 13.2. The van der Waals surface area contributed by atoms with E-state index in [0.717, 1.165) is 6.42 Å². The number of nitrogens with one attached hydrogen (secondary N) is 1. The predicted octanol–water partition coefficient (Wildman–Crippen LogP) is 4.37. The van der Waals surface area contributed by atoms with Crippen LogP contribution >= 0.6 is 11.6 Å². The minimum atomic E-state index is -0.337. The first-order chi connectivity index (χ1) is 13.4. The fourth-order valence-corrected chi connectivity index (χ4v) is 3.22. The number of fused-ring (bicyclic) bond motifs is 1. The van der Waals surface area contributed by atoms with Crippen molar-refractivity contribution in [3.63, 3.8) is 0 Å². The fraction of sp³-hybridized carbons (Fsp3) is 0.333. The van der Waals surface area contributed by atoms with Crippen molar-refractivity contribution in [3.8, 4) is 11.5 Å². The molecule has 6 nitrogen and oxygen atoms in total. The number of carbonyl (C=O) groups excluding carboxylic acids is 2. The van der Waals surface area contributed by atoms with E-state index in [1.165, 1.54) is 12.0 Å². The summed E-state index contributed by atoms with van der Waals surface area (Å²) < 4.78 is 11.2. The highest BCUT2D eigenvalue weighted by Crippen LogP contribution is 2.38. The topological polar surface area (TPSA) is 67.9 Å². The number of anilines is 2. The van der Waals surface area contributed by atoms with E-state index in [2.05, 4.69) is 19.2 Å².